The Morgan fingerprint density at radius 3 is 2.77 bits per heavy atom. The molecule has 5 heteroatoms. The van der Waals surface area contributed by atoms with Gasteiger partial charge >= 0.3 is 6.01 Å². The maximum Gasteiger partial charge on any atom is 0.320 e. The standard InChI is InChI=1S/C8H8N2O2S/c1-11-7-6-5(3-4-13-6)9-8(10-7)12-2/h3-4H,1-2H3. The third-order valence-corrected chi connectivity index (χ3v) is 2.52. The van der Waals surface area contributed by atoms with Crippen molar-refractivity contribution >= 4 is 21.6 Å². The van der Waals surface area contributed by atoms with Crippen LogP contribution in [-0.4, -0.2) is 24.2 Å². The van der Waals surface area contributed by atoms with Crippen LogP contribution in [0.15, 0.2) is 11.4 Å². The minimum absolute atomic E-state index is 0.336. The van der Waals surface area contributed by atoms with Crippen LogP contribution in [-0.2, 0) is 0 Å². The first-order valence-corrected chi connectivity index (χ1v) is 4.56. The molecule has 0 radical (unpaired) electrons. The highest BCUT2D eigenvalue weighted by Crippen LogP contribution is 2.28. The van der Waals surface area contributed by atoms with Crippen molar-refractivity contribution in [3.63, 3.8) is 0 Å². The molecule has 0 fully saturated rings. The maximum absolute atomic E-state index is 5.11. The number of hydrogen-bond acceptors (Lipinski definition) is 5. The molecule has 0 unspecified atom stereocenters. The van der Waals surface area contributed by atoms with Crippen molar-refractivity contribution in [2.24, 2.45) is 0 Å². The molecular weight excluding hydrogens is 188 g/mol. The average molecular weight is 196 g/mol. The molecule has 13 heavy (non-hydrogen) atoms. The van der Waals surface area contributed by atoms with E-state index in [0.717, 1.165) is 10.2 Å². The fourth-order valence-corrected chi connectivity index (χ4v) is 1.84. The Morgan fingerprint density at radius 2 is 2.08 bits per heavy atom. The molecule has 2 aromatic rings. The molecule has 0 atom stereocenters. The van der Waals surface area contributed by atoms with Crippen molar-refractivity contribution in [3.05, 3.63) is 11.4 Å². The van der Waals surface area contributed by atoms with E-state index in [4.69, 9.17) is 9.47 Å². The molecule has 0 bridgehead atoms. The van der Waals surface area contributed by atoms with Crippen LogP contribution in [0.3, 0.4) is 0 Å². The van der Waals surface area contributed by atoms with Gasteiger partial charge in [-0.25, -0.2) is 0 Å². The van der Waals surface area contributed by atoms with Crippen LogP contribution in [0, 0.1) is 0 Å². The van der Waals surface area contributed by atoms with Crippen molar-refractivity contribution in [2.75, 3.05) is 14.2 Å². The molecule has 0 amide bonds. The molecule has 0 spiro atoms. The number of aromatic nitrogens is 2. The summed E-state index contributed by atoms with van der Waals surface area (Å²) in [5.41, 5.74) is 0.855. The molecule has 0 N–H and O–H groups in total. The summed E-state index contributed by atoms with van der Waals surface area (Å²) < 4.78 is 11.0. The molecule has 2 aromatic heterocycles. The Bertz CT molecular complexity index is 427. The zero-order valence-electron chi connectivity index (χ0n) is 7.27. The van der Waals surface area contributed by atoms with E-state index in [1.807, 2.05) is 11.4 Å². The summed E-state index contributed by atoms with van der Waals surface area (Å²) >= 11 is 1.55. The monoisotopic (exact) mass is 196 g/mol. The molecule has 0 aliphatic carbocycles. The van der Waals surface area contributed by atoms with Crippen LogP contribution >= 0.6 is 11.3 Å². The minimum Gasteiger partial charge on any atom is -0.480 e. The molecule has 0 aliphatic heterocycles. The van der Waals surface area contributed by atoms with Gasteiger partial charge < -0.3 is 9.47 Å². The first-order valence-electron chi connectivity index (χ1n) is 3.68. The SMILES string of the molecule is COc1nc(OC)c2sccc2n1. The number of hydrogen-bond donors (Lipinski definition) is 0. The highest BCUT2D eigenvalue weighted by molar-refractivity contribution is 7.17. The minimum atomic E-state index is 0.336. The fraction of sp³-hybridized carbons (Fsp3) is 0.250. The van der Waals surface area contributed by atoms with Gasteiger partial charge in [0.15, 0.2) is 0 Å². The first kappa shape index (κ1) is 8.25. The molecule has 2 rings (SSSR count). The predicted octanol–water partition coefficient (Wildman–Crippen LogP) is 1.71. The molecule has 0 saturated carbocycles. The third-order valence-electron chi connectivity index (χ3n) is 1.63. The van der Waals surface area contributed by atoms with E-state index in [0.29, 0.717) is 11.9 Å². The van der Waals surface area contributed by atoms with Gasteiger partial charge in [0.05, 0.1) is 19.7 Å². The van der Waals surface area contributed by atoms with Gasteiger partial charge in [0.2, 0.25) is 5.88 Å². The van der Waals surface area contributed by atoms with Crippen LogP contribution in [0.5, 0.6) is 11.9 Å². The van der Waals surface area contributed by atoms with Gasteiger partial charge in [0, 0.05) is 0 Å². The second-order valence-electron chi connectivity index (χ2n) is 2.35. The highest BCUT2D eigenvalue weighted by Gasteiger charge is 2.08. The molecule has 0 aliphatic rings. The number of fused-ring (bicyclic) bond motifs is 1. The summed E-state index contributed by atoms with van der Waals surface area (Å²) in [6.07, 6.45) is 0. The van der Waals surface area contributed by atoms with Gasteiger partial charge in [0.1, 0.15) is 4.70 Å². The summed E-state index contributed by atoms with van der Waals surface area (Å²) in [5.74, 6) is 0.567. The Kier molecular flexibility index (Phi) is 2.02. The lowest BCUT2D eigenvalue weighted by atomic mass is 10.5. The van der Waals surface area contributed by atoms with Crippen molar-refractivity contribution < 1.29 is 9.47 Å². The van der Waals surface area contributed by atoms with E-state index in [1.54, 1.807) is 18.4 Å². The second-order valence-corrected chi connectivity index (χ2v) is 3.27. The van der Waals surface area contributed by atoms with Gasteiger partial charge in [-0.3, -0.25) is 0 Å². The average Bonchev–Trinajstić information content (AvgIpc) is 2.63. The van der Waals surface area contributed by atoms with Crippen molar-refractivity contribution in [3.8, 4) is 11.9 Å². The Labute approximate surface area is 79.1 Å². The molecular formula is C8H8N2O2S. The maximum atomic E-state index is 5.11. The molecule has 68 valence electrons. The quantitative estimate of drug-likeness (QED) is 0.733. The Balaban J connectivity index is 2.70. The largest absolute Gasteiger partial charge is 0.480 e. The summed E-state index contributed by atoms with van der Waals surface area (Å²) in [6, 6.07) is 2.25. The lowest BCUT2D eigenvalue weighted by Crippen LogP contribution is -1.94. The second kappa shape index (κ2) is 3.18. The van der Waals surface area contributed by atoms with Crippen LogP contribution < -0.4 is 9.47 Å². The number of thiophene rings is 1. The summed E-state index contributed by atoms with van der Waals surface area (Å²) in [4.78, 5) is 8.22. The van der Waals surface area contributed by atoms with Crippen LogP contribution in [0.25, 0.3) is 10.2 Å². The zero-order chi connectivity index (χ0) is 9.26. The van der Waals surface area contributed by atoms with Crippen molar-refractivity contribution in [1.29, 1.82) is 0 Å². The molecule has 0 aromatic carbocycles. The van der Waals surface area contributed by atoms with E-state index < -0.39 is 0 Å². The van der Waals surface area contributed by atoms with E-state index in [9.17, 15) is 0 Å². The van der Waals surface area contributed by atoms with Gasteiger partial charge in [0.25, 0.3) is 0 Å². The van der Waals surface area contributed by atoms with E-state index in [-0.39, 0.29) is 0 Å². The Morgan fingerprint density at radius 1 is 1.23 bits per heavy atom. The van der Waals surface area contributed by atoms with Gasteiger partial charge in [-0.1, -0.05) is 0 Å². The summed E-state index contributed by atoms with van der Waals surface area (Å²) in [6.45, 7) is 0. The lowest BCUT2D eigenvalue weighted by molar-refractivity contribution is 0.357. The van der Waals surface area contributed by atoms with E-state index >= 15 is 0 Å². The normalized spacial score (nSPS) is 10.3. The number of ether oxygens (including phenoxy) is 2. The lowest BCUT2D eigenvalue weighted by Gasteiger charge is -2.02. The van der Waals surface area contributed by atoms with E-state index in [1.165, 1.54) is 7.11 Å². The third kappa shape index (κ3) is 1.31. The zero-order valence-corrected chi connectivity index (χ0v) is 8.09. The van der Waals surface area contributed by atoms with Crippen molar-refractivity contribution in [1.82, 2.24) is 9.97 Å². The molecule has 4 nitrogen and oxygen atoms in total. The van der Waals surface area contributed by atoms with Crippen LogP contribution in [0.4, 0.5) is 0 Å². The van der Waals surface area contributed by atoms with Gasteiger partial charge in [-0.2, -0.15) is 9.97 Å². The summed E-state index contributed by atoms with van der Waals surface area (Å²) in [5, 5.41) is 1.95. The van der Waals surface area contributed by atoms with Crippen LogP contribution in [0.1, 0.15) is 0 Å². The number of rotatable bonds is 2. The van der Waals surface area contributed by atoms with Crippen LogP contribution in [0.2, 0.25) is 0 Å². The van der Waals surface area contributed by atoms with Crippen molar-refractivity contribution in [2.45, 2.75) is 0 Å². The predicted molar refractivity (Wildman–Crippen MR) is 50.5 cm³/mol. The highest BCUT2D eigenvalue weighted by atomic mass is 32.1. The molecule has 0 saturated heterocycles. The topological polar surface area (TPSA) is 44.2 Å². The number of nitrogens with zero attached hydrogens (tertiary/aromatic N) is 2. The fourth-order valence-electron chi connectivity index (χ4n) is 1.05. The molecule has 2 heterocycles. The Hall–Kier alpha value is -1.36. The number of methoxy groups -OCH3 is 2. The smallest absolute Gasteiger partial charge is 0.320 e. The summed E-state index contributed by atoms with van der Waals surface area (Å²) in [7, 11) is 3.12. The van der Waals surface area contributed by atoms with E-state index in [2.05, 4.69) is 9.97 Å². The van der Waals surface area contributed by atoms with Gasteiger partial charge in [-0.15, -0.1) is 11.3 Å². The van der Waals surface area contributed by atoms with Gasteiger partial charge in [-0.05, 0) is 11.4 Å². The first-order chi connectivity index (χ1) is 6.35.